The molecule has 3 rings (SSSR count). The van der Waals surface area contributed by atoms with Crippen molar-refractivity contribution in [3.63, 3.8) is 0 Å². The van der Waals surface area contributed by atoms with Crippen LogP contribution < -0.4 is 0 Å². The van der Waals surface area contributed by atoms with Crippen LogP contribution in [0, 0.1) is 5.92 Å². The minimum atomic E-state index is -0.102. The highest BCUT2D eigenvalue weighted by Crippen LogP contribution is 2.26. The summed E-state index contributed by atoms with van der Waals surface area (Å²) in [5.74, 6) is 1.19. The molecule has 2 aromatic heterocycles. The molecular weight excluding hydrogens is 348 g/mol. The number of pyridine rings is 1. The van der Waals surface area contributed by atoms with Gasteiger partial charge < -0.3 is 4.90 Å². The molecule has 5 nitrogen and oxygen atoms in total. The van der Waals surface area contributed by atoms with E-state index in [9.17, 15) is 4.79 Å². The number of aromatic nitrogens is 3. The van der Waals surface area contributed by atoms with Crippen molar-refractivity contribution in [2.45, 2.75) is 40.5 Å². The Morgan fingerprint density at radius 2 is 1.68 bits per heavy atom. The third-order valence-corrected chi connectivity index (χ3v) is 4.31. The van der Waals surface area contributed by atoms with Crippen LogP contribution in [0.4, 0.5) is 0 Å². The normalized spacial score (nSPS) is 10.5. The van der Waals surface area contributed by atoms with Crippen LogP contribution in [0.3, 0.4) is 0 Å². The molecule has 2 heterocycles. The molecule has 0 aliphatic carbocycles. The van der Waals surface area contributed by atoms with Crippen LogP contribution in [0.15, 0.2) is 42.7 Å². The minimum Gasteiger partial charge on any atom is -0.343 e. The summed E-state index contributed by atoms with van der Waals surface area (Å²) in [5.41, 5.74) is 3.34. The van der Waals surface area contributed by atoms with E-state index in [1.54, 1.807) is 31.4 Å². The van der Waals surface area contributed by atoms with E-state index in [2.05, 4.69) is 23.8 Å². The third-order valence-electron chi connectivity index (χ3n) is 4.31. The number of aryl methyl sites for hydroxylation is 1. The van der Waals surface area contributed by atoms with Crippen LogP contribution >= 0.6 is 0 Å². The molecule has 0 radical (unpaired) electrons. The van der Waals surface area contributed by atoms with Crippen LogP contribution in [-0.4, -0.2) is 39.9 Å². The summed E-state index contributed by atoms with van der Waals surface area (Å²) >= 11 is 0. The predicted octanol–water partition coefficient (Wildman–Crippen LogP) is 5.01. The fraction of sp³-hybridized carbons (Fsp3) is 0.391. The Kier molecular flexibility index (Phi) is 7.61. The van der Waals surface area contributed by atoms with Gasteiger partial charge in [-0.25, -0.2) is 9.97 Å². The summed E-state index contributed by atoms with van der Waals surface area (Å²) in [6.45, 7) is 8.35. The maximum absolute atomic E-state index is 12.7. The van der Waals surface area contributed by atoms with Crippen molar-refractivity contribution >= 4 is 16.8 Å². The maximum Gasteiger partial charge on any atom is 0.272 e. The van der Waals surface area contributed by atoms with E-state index in [4.69, 9.17) is 4.98 Å². The van der Waals surface area contributed by atoms with E-state index in [1.807, 2.05) is 44.2 Å². The molecule has 0 fully saturated rings. The van der Waals surface area contributed by atoms with Crippen LogP contribution in [0.1, 0.15) is 50.4 Å². The molecule has 148 valence electrons. The molecule has 5 heteroatoms. The van der Waals surface area contributed by atoms with E-state index >= 15 is 0 Å². The van der Waals surface area contributed by atoms with Gasteiger partial charge in [-0.15, -0.1) is 0 Å². The Morgan fingerprint density at radius 3 is 2.29 bits per heavy atom. The van der Waals surface area contributed by atoms with Crippen molar-refractivity contribution in [1.29, 1.82) is 0 Å². The van der Waals surface area contributed by atoms with Crippen molar-refractivity contribution in [2.24, 2.45) is 5.92 Å². The summed E-state index contributed by atoms with van der Waals surface area (Å²) in [5, 5.41) is 0.784. The van der Waals surface area contributed by atoms with Crippen molar-refractivity contribution in [1.82, 2.24) is 19.9 Å². The monoisotopic (exact) mass is 378 g/mol. The first kappa shape index (κ1) is 21.5. The smallest absolute Gasteiger partial charge is 0.272 e. The average molecular weight is 379 g/mol. The molecule has 0 atom stereocenters. The summed E-state index contributed by atoms with van der Waals surface area (Å²) in [7, 11) is 3.49. The number of benzene rings is 1. The van der Waals surface area contributed by atoms with Gasteiger partial charge in [-0.2, -0.15) is 0 Å². The molecule has 0 saturated heterocycles. The Morgan fingerprint density at radius 1 is 1.00 bits per heavy atom. The molecule has 0 aliphatic heterocycles. The van der Waals surface area contributed by atoms with Gasteiger partial charge in [-0.3, -0.25) is 9.78 Å². The number of carbonyl (C=O) groups is 1. The van der Waals surface area contributed by atoms with Gasteiger partial charge in [-0.1, -0.05) is 33.8 Å². The molecule has 0 aliphatic rings. The SMILES string of the molecule is CC.CC(C)CCc1nc(C(=O)N(C)C)c2cc(-c3ccncc3)ccc2n1. The van der Waals surface area contributed by atoms with Gasteiger partial charge in [0.1, 0.15) is 11.5 Å². The lowest BCUT2D eigenvalue weighted by Crippen LogP contribution is -2.24. The van der Waals surface area contributed by atoms with Crippen molar-refractivity contribution < 1.29 is 4.79 Å². The summed E-state index contributed by atoms with van der Waals surface area (Å²) in [6, 6.07) is 9.89. The Labute approximate surface area is 167 Å². The molecule has 1 amide bonds. The predicted molar refractivity (Wildman–Crippen MR) is 115 cm³/mol. The molecule has 0 bridgehead atoms. The average Bonchev–Trinajstić information content (AvgIpc) is 2.72. The number of hydrogen-bond acceptors (Lipinski definition) is 4. The maximum atomic E-state index is 12.7. The van der Waals surface area contributed by atoms with Crippen LogP contribution in [0.25, 0.3) is 22.0 Å². The minimum absolute atomic E-state index is 0.102. The van der Waals surface area contributed by atoms with E-state index in [0.29, 0.717) is 11.6 Å². The molecule has 1 aromatic carbocycles. The highest BCUT2D eigenvalue weighted by Gasteiger charge is 2.17. The van der Waals surface area contributed by atoms with E-state index in [0.717, 1.165) is 40.7 Å². The zero-order valence-corrected chi connectivity index (χ0v) is 17.7. The fourth-order valence-electron chi connectivity index (χ4n) is 2.80. The number of fused-ring (bicyclic) bond motifs is 1. The second-order valence-electron chi connectivity index (χ2n) is 7.09. The highest BCUT2D eigenvalue weighted by molar-refractivity contribution is 6.05. The van der Waals surface area contributed by atoms with Crippen LogP contribution in [0.5, 0.6) is 0 Å². The highest BCUT2D eigenvalue weighted by atomic mass is 16.2. The fourth-order valence-corrected chi connectivity index (χ4v) is 2.80. The number of amides is 1. The Balaban J connectivity index is 0.00000136. The summed E-state index contributed by atoms with van der Waals surface area (Å²) in [4.78, 5) is 27.7. The summed E-state index contributed by atoms with van der Waals surface area (Å²) < 4.78 is 0. The van der Waals surface area contributed by atoms with Crippen LogP contribution in [0.2, 0.25) is 0 Å². The van der Waals surface area contributed by atoms with Gasteiger partial charge in [-0.05, 0) is 47.7 Å². The number of carbonyl (C=O) groups excluding carboxylic acids is 1. The molecule has 0 saturated carbocycles. The van der Waals surface area contributed by atoms with Crippen molar-refractivity contribution in [3.05, 3.63) is 54.2 Å². The second kappa shape index (κ2) is 9.93. The van der Waals surface area contributed by atoms with Gasteiger partial charge >= 0.3 is 0 Å². The van der Waals surface area contributed by atoms with Gasteiger partial charge in [0.25, 0.3) is 5.91 Å². The topological polar surface area (TPSA) is 59.0 Å². The first-order valence-corrected chi connectivity index (χ1v) is 9.88. The van der Waals surface area contributed by atoms with Crippen molar-refractivity contribution in [2.75, 3.05) is 14.1 Å². The first-order chi connectivity index (χ1) is 13.5. The van der Waals surface area contributed by atoms with Gasteiger partial charge in [0.05, 0.1) is 5.52 Å². The standard InChI is InChI=1S/C21H24N4O.C2H6/c1-14(2)5-8-19-23-18-7-6-16(15-9-11-22-12-10-15)13-17(18)20(24-19)21(26)25(3)4;1-2/h6-7,9-14H,5,8H2,1-4H3;1-2H3. The lowest BCUT2D eigenvalue weighted by atomic mass is 10.0. The second-order valence-corrected chi connectivity index (χ2v) is 7.09. The lowest BCUT2D eigenvalue weighted by molar-refractivity contribution is 0.0823. The molecule has 3 aromatic rings. The van der Waals surface area contributed by atoms with Crippen LogP contribution in [-0.2, 0) is 6.42 Å². The van der Waals surface area contributed by atoms with Gasteiger partial charge in [0.15, 0.2) is 0 Å². The zero-order valence-electron chi connectivity index (χ0n) is 17.7. The van der Waals surface area contributed by atoms with E-state index in [-0.39, 0.29) is 5.91 Å². The number of nitrogens with zero attached hydrogens (tertiary/aromatic N) is 4. The molecule has 0 N–H and O–H groups in total. The van der Waals surface area contributed by atoms with Gasteiger partial charge in [0.2, 0.25) is 0 Å². The van der Waals surface area contributed by atoms with Gasteiger partial charge in [0, 0.05) is 38.3 Å². The largest absolute Gasteiger partial charge is 0.343 e. The Hall–Kier alpha value is -2.82. The number of rotatable bonds is 5. The quantitative estimate of drug-likeness (QED) is 0.626. The summed E-state index contributed by atoms with van der Waals surface area (Å²) in [6.07, 6.45) is 5.29. The third kappa shape index (κ3) is 5.12. The lowest BCUT2D eigenvalue weighted by Gasteiger charge is -2.14. The molecular formula is C23H30N4O. The molecule has 0 unspecified atom stereocenters. The molecule has 0 spiro atoms. The Bertz CT molecular complexity index is 921. The first-order valence-electron chi connectivity index (χ1n) is 9.88. The zero-order chi connectivity index (χ0) is 20.7. The van der Waals surface area contributed by atoms with Crippen molar-refractivity contribution in [3.8, 4) is 11.1 Å². The van der Waals surface area contributed by atoms with E-state index in [1.165, 1.54) is 0 Å². The molecule has 28 heavy (non-hydrogen) atoms. The van der Waals surface area contributed by atoms with E-state index < -0.39 is 0 Å². The number of hydrogen-bond donors (Lipinski definition) is 0.